The van der Waals surface area contributed by atoms with Crippen molar-refractivity contribution in [1.29, 1.82) is 0 Å². The lowest BCUT2D eigenvalue weighted by Crippen LogP contribution is -2.53. The molecule has 1 amide bonds. The molecule has 1 aromatic rings. The van der Waals surface area contributed by atoms with Crippen LogP contribution in [-0.2, 0) is 11.3 Å². The van der Waals surface area contributed by atoms with Gasteiger partial charge < -0.3 is 20.0 Å². The van der Waals surface area contributed by atoms with Gasteiger partial charge in [0.15, 0.2) is 5.96 Å². The maximum Gasteiger partial charge on any atom is 0.219 e. The summed E-state index contributed by atoms with van der Waals surface area (Å²) in [6.07, 6.45) is 0. The van der Waals surface area contributed by atoms with E-state index in [4.69, 9.17) is 4.99 Å². The molecule has 2 rings (SSSR count). The van der Waals surface area contributed by atoms with Crippen LogP contribution < -0.4 is 10.2 Å². The van der Waals surface area contributed by atoms with Gasteiger partial charge in [0, 0.05) is 53.7 Å². The number of aliphatic imine (C=N–C) groups is 1. The number of nitrogens with zero attached hydrogens (tertiary/aromatic N) is 5. The van der Waals surface area contributed by atoms with Crippen LogP contribution in [0.3, 0.4) is 0 Å². The van der Waals surface area contributed by atoms with Gasteiger partial charge in [-0.1, -0.05) is 6.07 Å². The molecule has 7 heteroatoms. The van der Waals surface area contributed by atoms with E-state index in [2.05, 4.69) is 22.1 Å². The molecule has 1 N–H and O–H groups in total. The Morgan fingerprint density at radius 2 is 1.92 bits per heavy atom. The average Bonchev–Trinajstić information content (AvgIpc) is 2.59. The van der Waals surface area contributed by atoms with Gasteiger partial charge >= 0.3 is 0 Å². The molecule has 0 aliphatic carbocycles. The van der Waals surface area contributed by atoms with Crippen LogP contribution >= 0.6 is 0 Å². The Balaban J connectivity index is 2.03. The smallest absolute Gasteiger partial charge is 0.219 e. The van der Waals surface area contributed by atoms with Crippen LogP contribution in [0.4, 0.5) is 5.82 Å². The minimum Gasteiger partial charge on any atom is -0.363 e. The number of guanidine groups is 1. The van der Waals surface area contributed by atoms with Crippen molar-refractivity contribution >= 4 is 17.7 Å². The Hall–Kier alpha value is -2.31. The van der Waals surface area contributed by atoms with Crippen LogP contribution in [0.15, 0.2) is 23.2 Å². The van der Waals surface area contributed by atoms with Crippen molar-refractivity contribution in [2.75, 3.05) is 51.7 Å². The fraction of sp³-hybridized carbons (Fsp3) is 0.588. The third-order valence-electron chi connectivity index (χ3n) is 4.00. The quantitative estimate of drug-likeness (QED) is 0.652. The Morgan fingerprint density at radius 1 is 1.25 bits per heavy atom. The maximum absolute atomic E-state index is 11.4. The fourth-order valence-electron chi connectivity index (χ4n) is 2.62. The van der Waals surface area contributed by atoms with E-state index in [-0.39, 0.29) is 5.91 Å². The molecule has 0 spiro atoms. The number of carbonyl (C=O) groups excluding carboxylic acids is 1. The molecule has 0 radical (unpaired) electrons. The average molecular weight is 332 g/mol. The van der Waals surface area contributed by atoms with Crippen molar-refractivity contribution < 1.29 is 4.79 Å². The minimum absolute atomic E-state index is 0.140. The molecule has 1 aliphatic heterocycles. The zero-order valence-corrected chi connectivity index (χ0v) is 15.1. The molecule has 1 aromatic heterocycles. The molecule has 0 saturated carbocycles. The lowest BCUT2D eigenvalue weighted by atomic mass is 10.3. The second-order valence-electron chi connectivity index (χ2n) is 6.04. The molecule has 1 saturated heterocycles. The Morgan fingerprint density at radius 3 is 2.50 bits per heavy atom. The number of hydrogen-bond acceptors (Lipinski definition) is 4. The van der Waals surface area contributed by atoms with E-state index in [0.29, 0.717) is 6.54 Å². The number of aromatic nitrogens is 1. The molecule has 0 bridgehead atoms. The van der Waals surface area contributed by atoms with Crippen LogP contribution in [0.2, 0.25) is 0 Å². The van der Waals surface area contributed by atoms with E-state index in [1.165, 1.54) is 0 Å². The summed E-state index contributed by atoms with van der Waals surface area (Å²) in [4.78, 5) is 26.8. The molecular weight excluding hydrogens is 304 g/mol. The summed E-state index contributed by atoms with van der Waals surface area (Å²) in [5.41, 5.74) is 0.943. The van der Waals surface area contributed by atoms with E-state index in [1.54, 1.807) is 6.92 Å². The lowest BCUT2D eigenvalue weighted by Gasteiger charge is -2.36. The monoisotopic (exact) mass is 332 g/mol. The summed E-state index contributed by atoms with van der Waals surface area (Å²) < 4.78 is 0. The highest BCUT2D eigenvalue weighted by Gasteiger charge is 2.20. The summed E-state index contributed by atoms with van der Waals surface area (Å²) in [7, 11) is 3.96. The van der Waals surface area contributed by atoms with Crippen LogP contribution in [0.1, 0.15) is 19.5 Å². The largest absolute Gasteiger partial charge is 0.363 e. The fourth-order valence-corrected chi connectivity index (χ4v) is 2.62. The number of hydrogen-bond donors (Lipinski definition) is 1. The van der Waals surface area contributed by atoms with Crippen molar-refractivity contribution in [2.24, 2.45) is 4.99 Å². The van der Waals surface area contributed by atoms with Crippen LogP contribution in [0, 0.1) is 0 Å². The third kappa shape index (κ3) is 4.84. The molecule has 0 aromatic carbocycles. The second-order valence-corrected chi connectivity index (χ2v) is 6.04. The second kappa shape index (κ2) is 8.52. The van der Waals surface area contributed by atoms with Crippen molar-refractivity contribution in [3.05, 3.63) is 23.9 Å². The van der Waals surface area contributed by atoms with Crippen molar-refractivity contribution in [3.63, 3.8) is 0 Å². The van der Waals surface area contributed by atoms with E-state index >= 15 is 0 Å². The van der Waals surface area contributed by atoms with Crippen LogP contribution in [0.25, 0.3) is 0 Å². The highest BCUT2D eigenvalue weighted by atomic mass is 16.2. The van der Waals surface area contributed by atoms with Gasteiger partial charge in [-0.2, -0.15) is 0 Å². The highest BCUT2D eigenvalue weighted by molar-refractivity contribution is 5.80. The molecule has 0 atom stereocenters. The van der Waals surface area contributed by atoms with E-state index in [9.17, 15) is 4.79 Å². The molecule has 1 fully saturated rings. The van der Waals surface area contributed by atoms with Crippen LogP contribution in [-0.4, -0.2) is 73.5 Å². The molecule has 24 heavy (non-hydrogen) atoms. The van der Waals surface area contributed by atoms with Gasteiger partial charge in [0.2, 0.25) is 5.91 Å². The zero-order valence-electron chi connectivity index (χ0n) is 15.1. The summed E-state index contributed by atoms with van der Waals surface area (Å²) in [5.74, 6) is 1.96. The molecule has 2 heterocycles. The van der Waals surface area contributed by atoms with E-state index < -0.39 is 0 Å². The standard InChI is InChI=1S/C17H28N6O/c1-5-18-17(23-11-9-22(10-12-23)14(2)24)19-13-15-7-6-8-16(20-15)21(3)4/h6-8H,5,9-13H2,1-4H3,(H,18,19). The highest BCUT2D eigenvalue weighted by Crippen LogP contribution is 2.09. The van der Waals surface area contributed by atoms with Gasteiger partial charge in [-0.15, -0.1) is 0 Å². The number of anilines is 1. The number of pyridine rings is 1. The van der Waals surface area contributed by atoms with E-state index in [0.717, 1.165) is 50.2 Å². The number of amides is 1. The predicted octanol–water partition coefficient (Wildman–Crippen LogP) is 0.777. The topological polar surface area (TPSA) is 64.1 Å². The first-order valence-electron chi connectivity index (χ1n) is 8.43. The normalized spacial score (nSPS) is 15.4. The molecule has 7 nitrogen and oxygen atoms in total. The van der Waals surface area contributed by atoms with Gasteiger partial charge in [0.1, 0.15) is 5.82 Å². The molecule has 0 unspecified atom stereocenters. The van der Waals surface area contributed by atoms with Gasteiger partial charge in [-0.25, -0.2) is 9.98 Å². The molecular formula is C17H28N6O. The SMILES string of the molecule is CCNC(=NCc1cccc(N(C)C)n1)N1CCN(C(C)=O)CC1. The Labute approximate surface area is 144 Å². The zero-order chi connectivity index (χ0) is 17.5. The van der Waals surface area contributed by atoms with E-state index in [1.807, 2.05) is 42.1 Å². The first kappa shape index (κ1) is 18.0. The van der Waals surface area contributed by atoms with Crippen molar-refractivity contribution in [2.45, 2.75) is 20.4 Å². The predicted molar refractivity (Wildman–Crippen MR) is 97.2 cm³/mol. The number of nitrogens with one attached hydrogen (secondary N) is 1. The summed E-state index contributed by atoms with van der Waals surface area (Å²) in [6, 6.07) is 5.99. The molecule has 1 aliphatic rings. The summed E-state index contributed by atoms with van der Waals surface area (Å²) in [5, 5.41) is 3.34. The number of carbonyl (C=O) groups is 1. The maximum atomic E-state index is 11.4. The lowest BCUT2D eigenvalue weighted by molar-refractivity contribution is -0.130. The minimum atomic E-state index is 0.140. The number of piperazine rings is 1. The third-order valence-corrected chi connectivity index (χ3v) is 4.00. The number of rotatable bonds is 4. The first-order valence-corrected chi connectivity index (χ1v) is 8.43. The van der Waals surface area contributed by atoms with Crippen LogP contribution in [0.5, 0.6) is 0 Å². The Bertz CT molecular complexity index is 578. The molecule has 132 valence electrons. The van der Waals surface area contributed by atoms with Gasteiger partial charge in [-0.05, 0) is 19.1 Å². The van der Waals surface area contributed by atoms with Crippen molar-refractivity contribution in [3.8, 4) is 0 Å². The van der Waals surface area contributed by atoms with Gasteiger partial charge in [0.05, 0.1) is 12.2 Å². The van der Waals surface area contributed by atoms with Gasteiger partial charge in [0.25, 0.3) is 0 Å². The summed E-state index contributed by atoms with van der Waals surface area (Å²) in [6.45, 7) is 8.13. The summed E-state index contributed by atoms with van der Waals surface area (Å²) >= 11 is 0. The Kier molecular flexibility index (Phi) is 6.40. The van der Waals surface area contributed by atoms with Gasteiger partial charge in [-0.3, -0.25) is 4.79 Å². The van der Waals surface area contributed by atoms with Crippen molar-refractivity contribution in [1.82, 2.24) is 20.1 Å². The first-order chi connectivity index (χ1) is 11.5.